The number of hydrogen-bond donors (Lipinski definition) is 2. The van der Waals surface area contributed by atoms with Gasteiger partial charge in [0, 0.05) is 12.0 Å². The van der Waals surface area contributed by atoms with Crippen LogP contribution in [-0.2, 0) is 4.79 Å². The zero-order chi connectivity index (χ0) is 21.0. The normalized spacial score (nSPS) is 20.0. The first-order valence-corrected chi connectivity index (χ1v) is 10.4. The molecule has 1 fully saturated rings. The smallest absolute Gasteiger partial charge is 0.253 e. The highest BCUT2D eigenvalue weighted by Gasteiger charge is 2.30. The minimum Gasteiger partial charge on any atom is -0.493 e. The third-order valence-electron chi connectivity index (χ3n) is 5.44. The van der Waals surface area contributed by atoms with E-state index in [4.69, 9.17) is 32.7 Å². The topological polar surface area (TPSA) is 67.8 Å². The lowest BCUT2D eigenvalue weighted by molar-refractivity contribution is -0.130. The first-order valence-electron chi connectivity index (χ1n) is 9.60. The molecule has 2 aromatic carbocycles. The molecule has 0 heterocycles. The van der Waals surface area contributed by atoms with E-state index in [9.17, 15) is 9.90 Å². The lowest BCUT2D eigenvalue weighted by Gasteiger charge is -2.33. The first-order chi connectivity index (χ1) is 13.9. The molecule has 2 N–H and O–H groups in total. The Kier molecular flexibility index (Phi) is 7.28. The van der Waals surface area contributed by atoms with E-state index in [1.54, 1.807) is 26.4 Å². The number of aliphatic hydroxyl groups is 1. The van der Waals surface area contributed by atoms with E-state index in [0.717, 1.165) is 31.2 Å². The van der Waals surface area contributed by atoms with E-state index in [-0.39, 0.29) is 12.0 Å². The number of methoxy groups -OCH3 is 2. The molecule has 1 saturated carbocycles. The van der Waals surface area contributed by atoms with Crippen LogP contribution in [0.1, 0.15) is 48.8 Å². The Balaban J connectivity index is 1.77. The number of carbonyl (C=O) groups excluding carboxylic acids is 1. The summed E-state index contributed by atoms with van der Waals surface area (Å²) in [5, 5.41) is 14.2. The maximum Gasteiger partial charge on any atom is 0.253 e. The summed E-state index contributed by atoms with van der Waals surface area (Å²) in [4.78, 5) is 12.7. The average molecular weight is 438 g/mol. The van der Waals surface area contributed by atoms with Crippen LogP contribution < -0.4 is 14.8 Å². The van der Waals surface area contributed by atoms with Gasteiger partial charge in [-0.2, -0.15) is 0 Å². The zero-order valence-corrected chi connectivity index (χ0v) is 18.0. The monoisotopic (exact) mass is 437 g/mol. The van der Waals surface area contributed by atoms with E-state index < -0.39 is 12.0 Å². The quantitative estimate of drug-likeness (QED) is 0.674. The fourth-order valence-electron chi connectivity index (χ4n) is 3.88. The predicted octanol–water partition coefficient (Wildman–Crippen LogP) is 4.89. The van der Waals surface area contributed by atoms with Gasteiger partial charge in [0.2, 0.25) is 0 Å². The van der Waals surface area contributed by atoms with Gasteiger partial charge in [0.1, 0.15) is 0 Å². The van der Waals surface area contributed by atoms with Crippen LogP contribution in [0.5, 0.6) is 11.5 Å². The van der Waals surface area contributed by atoms with Crippen molar-refractivity contribution in [1.29, 1.82) is 0 Å². The van der Waals surface area contributed by atoms with Crippen molar-refractivity contribution in [1.82, 2.24) is 5.32 Å². The summed E-state index contributed by atoms with van der Waals surface area (Å²) in [7, 11) is 3.21. The lowest BCUT2D eigenvalue weighted by atomic mass is 9.79. The molecule has 1 unspecified atom stereocenters. The summed E-state index contributed by atoms with van der Waals surface area (Å²) >= 11 is 11.9. The van der Waals surface area contributed by atoms with Gasteiger partial charge < -0.3 is 19.9 Å². The highest BCUT2D eigenvalue weighted by molar-refractivity contribution is 6.42. The third kappa shape index (κ3) is 4.97. The summed E-state index contributed by atoms with van der Waals surface area (Å²) in [5.74, 6) is 1.02. The van der Waals surface area contributed by atoms with Crippen LogP contribution in [0.4, 0.5) is 0 Å². The highest BCUT2D eigenvalue weighted by atomic mass is 35.5. The number of halogens is 2. The van der Waals surface area contributed by atoms with Crippen molar-refractivity contribution in [3.05, 3.63) is 57.6 Å². The molecule has 0 aliphatic heterocycles. The fraction of sp³-hybridized carbons (Fsp3) is 0.409. The van der Waals surface area contributed by atoms with Gasteiger partial charge in [-0.05, 0) is 48.2 Å². The van der Waals surface area contributed by atoms with Crippen molar-refractivity contribution in [2.75, 3.05) is 14.2 Å². The molecule has 1 aliphatic rings. The number of rotatable bonds is 6. The van der Waals surface area contributed by atoms with Gasteiger partial charge in [-0.15, -0.1) is 0 Å². The standard InChI is InChI=1S/C22H25Cl2NO4/c1-28-19-10-8-13(12-20(19)29-2)15-5-3-4-6-18(15)25-22(27)21(26)14-7-9-16(23)17(24)11-14/h7-12,15,18,21,26H,3-6H2,1-2H3,(H,25,27)/t15-,18+,21?/m1/s1. The van der Waals surface area contributed by atoms with E-state index >= 15 is 0 Å². The molecule has 0 saturated heterocycles. The van der Waals surface area contributed by atoms with Crippen molar-refractivity contribution in [2.45, 2.75) is 43.7 Å². The minimum atomic E-state index is -1.31. The Morgan fingerprint density at radius 2 is 1.76 bits per heavy atom. The maximum absolute atomic E-state index is 12.7. The second-order valence-electron chi connectivity index (χ2n) is 7.20. The van der Waals surface area contributed by atoms with Crippen LogP contribution in [0.25, 0.3) is 0 Å². The van der Waals surface area contributed by atoms with Gasteiger partial charge in [0.15, 0.2) is 17.6 Å². The molecule has 0 bridgehead atoms. The Morgan fingerprint density at radius 3 is 2.45 bits per heavy atom. The number of ether oxygens (including phenoxy) is 2. The molecule has 3 atom stereocenters. The molecule has 2 aromatic rings. The number of amides is 1. The molecule has 29 heavy (non-hydrogen) atoms. The van der Waals surface area contributed by atoms with Crippen LogP contribution in [-0.4, -0.2) is 31.3 Å². The maximum atomic E-state index is 12.7. The van der Waals surface area contributed by atoms with E-state index in [1.807, 2.05) is 18.2 Å². The Labute approximate surface area is 180 Å². The molecule has 5 nitrogen and oxygen atoms in total. The molecule has 0 aromatic heterocycles. The number of aliphatic hydroxyl groups excluding tert-OH is 1. The van der Waals surface area contributed by atoms with Crippen LogP contribution >= 0.6 is 23.2 Å². The Bertz CT molecular complexity index is 874. The second-order valence-corrected chi connectivity index (χ2v) is 8.01. The molecule has 7 heteroatoms. The van der Waals surface area contributed by atoms with E-state index in [1.165, 1.54) is 6.07 Å². The number of nitrogens with one attached hydrogen (secondary N) is 1. The second kappa shape index (κ2) is 9.70. The molecule has 3 rings (SSSR count). The van der Waals surface area contributed by atoms with Crippen LogP contribution in [0, 0.1) is 0 Å². The van der Waals surface area contributed by atoms with Crippen molar-refractivity contribution >= 4 is 29.1 Å². The Hall–Kier alpha value is -1.95. The van der Waals surface area contributed by atoms with Gasteiger partial charge in [0.05, 0.1) is 24.3 Å². The summed E-state index contributed by atoms with van der Waals surface area (Å²) in [6, 6.07) is 10.5. The molecule has 1 aliphatic carbocycles. The van der Waals surface area contributed by atoms with E-state index in [2.05, 4.69) is 5.32 Å². The van der Waals surface area contributed by atoms with Gasteiger partial charge in [-0.25, -0.2) is 0 Å². The molecule has 156 valence electrons. The van der Waals surface area contributed by atoms with Gasteiger partial charge in [-0.1, -0.05) is 48.2 Å². The molecular weight excluding hydrogens is 413 g/mol. The predicted molar refractivity (Wildman–Crippen MR) is 114 cm³/mol. The number of benzene rings is 2. The van der Waals surface area contributed by atoms with Crippen molar-refractivity contribution < 1.29 is 19.4 Å². The van der Waals surface area contributed by atoms with Crippen molar-refractivity contribution in [3.63, 3.8) is 0 Å². The van der Waals surface area contributed by atoms with E-state index in [0.29, 0.717) is 27.1 Å². The number of hydrogen-bond acceptors (Lipinski definition) is 4. The Morgan fingerprint density at radius 1 is 1.03 bits per heavy atom. The summed E-state index contributed by atoms with van der Waals surface area (Å²) in [5.41, 5.74) is 1.49. The largest absolute Gasteiger partial charge is 0.493 e. The van der Waals surface area contributed by atoms with Gasteiger partial charge in [-0.3, -0.25) is 4.79 Å². The lowest BCUT2D eigenvalue weighted by Crippen LogP contribution is -2.43. The van der Waals surface area contributed by atoms with Gasteiger partial charge >= 0.3 is 0 Å². The van der Waals surface area contributed by atoms with Crippen LogP contribution in [0.3, 0.4) is 0 Å². The summed E-state index contributed by atoms with van der Waals surface area (Å²) in [6.07, 6.45) is 2.60. The fourth-order valence-corrected chi connectivity index (χ4v) is 4.19. The SMILES string of the molecule is COc1ccc([C@H]2CCCC[C@@H]2NC(=O)C(O)c2ccc(Cl)c(Cl)c2)cc1OC. The zero-order valence-electron chi connectivity index (χ0n) is 16.5. The van der Waals surface area contributed by atoms with Gasteiger partial charge in [0.25, 0.3) is 5.91 Å². The van der Waals surface area contributed by atoms with Crippen molar-refractivity contribution in [2.24, 2.45) is 0 Å². The summed E-state index contributed by atoms with van der Waals surface area (Å²) < 4.78 is 10.7. The average Bonchev–Trinajstić information content (AvgIpc) is 2.75. The molecule has 0 spiro atoms. The van der Waals surface area contributed by atoms with Crippen molar-refractivity contribution in [3.8, 4) is 11.5 Å². The highest BCUT2D eigenvalue weighted by Crippen LogP contribution is 2.38. The third-order valence-corrected chi connectivity index (χ3v) is 6.18. The first kappa shape index (κ1) is 21.8. The van der Waals surface area contributed by atoms with Crippen LogP contribution in [0.15, 0.2) is 36.4 Å². The minimum absolute atomic E-state index is 0.0771. The molecule has 0 radical (unpaired) electrons. The molecule has 1 amide bonds. The summed E-state index contributed by atoms with van der Waals surface area (Å²) in [6.45, 7) is 0. The van der Waals surface area contributed by atoms with Crippen LogP contribution in [0.2, 0.25) is 10.0 Å². The number of carbonyl (C=O) groups is 1. The molecular formula is C22H25Cl2NO4.